The Morgan fingerprint density at radius 3 is 2.32 bits per heavy atom. The first kappa shape index (κ1) is 25.9. The molecular weight excluding hydrogens is 467 g/mol. The minimum absolute atomic E-state index is 0.000224. The highest BCUT2D eigenvalue weighted by Gasteiger charge is 2.49. The van der Waals surface area contributed by atoms with Gasteiger partial charge in [0.15, 0.2) is 5.11 Å². The average molecular weight is 496 g/mol. The van der Waals surface area contributed by atoms with E-state index in [1.54, 1.807) is 31.7 Å². The Hall–Kier alpha value is -2.71. The Balaban J connectivity index is 1.65. The number of amides is 2. The lowest BCUT2D eigenvalue weighted by molar-refractivity contribution is -0.137. The Bertz CT molecular complexity index is 1010. The zero-order valence-electron chi connectivity index (χ0n) is 19.5. The second-order valence-corrected chi connectivity index (χ2v) is 9.39. The van der Waals surface area contributed by atoms with E-state index in [4.69, 9.17) is 17.5 Å². The number of alkyl halides is 3. The highest BCUT2D eigenvalue weighted by Crippen LogP contribution is 2.37. The highest BCUT2D eigenvalue weighted by atomic mass is 32.1. The molecule has 0 spiro atoms. The van der Waals surface area contributed by atoms with Gasteiger partial charge in [0.05, 0.1) is 22.9 Å². The van der Waals surface area contributed by atoms with Crippen LogP contribution >= 0.6 is 12.2 Å². The van der Waals surface area contributed by atoms with Crippen LogP contribution < -0.4 is 4.90 Å². The monoisotopic (exact) mass is 495 g/mol. The molecular formula is C23H28F3N5O2S. The van der Waals surface area contributed by atoms with Gasteiger partial charge in [-0.2, -0.15) is 18.4 Å². The number of carbonyl (C=O) groups excluding carboxylic acids is 2. The maximum atomic E-state index is 13.4. The van der Waals surface area contributed by atoms with Crippen molar-refractivity contribution in [1.29, 1.82) is 5.26 Å². The molecule has 34 heavy (non-hydrogen) atoms. The molecule has 2 amide bonds. The average Bonchev–Trinajstić information content (AvgIpc) is 2.94. The van der Waals surface area contributed by atoms with E-state index in [0.29, 0.717) is 19.6 Å². The summed E-state index contributed by atoms with van der Waals surface area (Å²) in [5.74, 6) is -0.320. The number of hydrogen-bond donors (Lipinski definition) is 0. The zero-order chi connectivity index (χ0) is 25.3. The fraction of sp³-hybridized carbons (Fsp3) is 0.565. The number of anilines is 1. The molecule has 0 aromatic heterocycles. The summed E-state index contributed by atoms with van der Waals surface area (Å²) >= 11 is 5.52. The molecule has 2 heterocycles. The molecule has 2 saturated heterocycles. The first-order valence-corrected chi connectivity index (χ1v) is 11.5. The number of halogens is 3. The molecule has 1 aromatic carbocycles. The Kier molecular flexibility index (Phi) is 7.53. The van der Waals surface area contributed by atoms with E-state index in [9.17, 15) is 22.8 Å². The third-order valence-electron chi connectivity index (χ3n) is 6.43. The van der Waals surface area contributed by atoms with Gasteiger partial charge in [-0.25, -0.2) is 0 Å². The molecule has 0 saturated carbocycles. The van der Waals surface area contributed by atoms with Crippen molar-refractivity contribution in [2.24, 2.45) is 0 Å². The van der Waals surface area contributed by atoms with E-state index in [0.717, 1.165) is 49.5 Å². The number of nitriles is 1. The summed E-state index contributed by atoms with van der Waals surface area (Å²) in [6.07, 6.45) is -3.12. The summed E-state index contributed by atoms with van der Waals surface area (Å²) in [4.78, 5) is 31.6. The topological polar surface area (TPSA) is 70.9 Å². The summed E-state index contributed by atoms with van der Waals surface area (Å²) in [7, 11) is 0. The van der Waals surface area contributed by atoms with E-state index < -0.39 is 28.7 Å². The molecule has 0 unspecified atom stereocenters. The van der Waals surface area contributed by atoms with Crippen LogP contribution in [0.5, 0.6) is 0 Å². The first-order valence-electron chi connectivity index (χ1n) is 11.1. The van der Waals surface area contributed by atoms with Crippen LogP contribution in [-0.4, -0.2) is 76.4 Å². The molecule has 184 valence electrons. The molecule has 11 heteroatoms. The fourth-order valence-corrected chi connectivity index (χ4v) is 4.84. The molecule has 2 aliphatic heterocycles. The number of benzene rings is 1. The van der Waals surface area contributed by atoms with Crippen molar-refractivity contribution in [1.82, 2.24) is 14.7 Å². The standard InChI is InChI=1S/C23H28F3N5O2S/c1-16(32)29-12-10-28(11-13-29)8-4-5-9-30-21(34)31(20(33)22(30,2)3)18-7-6-17(15-27)19(14-18)23(24,25)26/h6-7,14H,4-5,8-13H2,1-3H3. The Morgan fingerprint density at radius 2 is 1.76 bits per heavy atom. The van der Waals surface area contributed by atoms with Gasteiger partial charge in [-0.3, -0.25) is 19.4 Å². The van der Waals surface area contributed by atoms with Crippen LogP contribution in [0.3, 0.4) is 0 Å². The zero-order valence-corrected chi connectivity index (χ0v) is 20.3. The Labute approximate surface area is 202 Å². The number of rotatable bonds is 6. The Morgan fingerprint density at radius 1 is 1.15 bits per heavy atom. The molecule has 0 bridgehead atoms. The molecule has 0 radical (unpaired) electrons. The van der Waals surface area contributed by atoms with Crippen molar-refractivity contribution >= 4 is 34.8 Å². The minimum Gasteiger partial charge on any atom is -0.340 e. The predicted molar refractivity (Wildman–Crippen MR) is 125 cm³/mol. The number of thiocarbonyl (C=S) groups is 1. The molecule has 3 rings (SSSR count). The van der Waals surface area contributed by atoms with E-state index in [-0.39, 0.29) is 16.7 Å². The van der Waals surface area contributed by atoms with Gasteiger partial charge in [0.25, 0.3) is 5.91 Å². The summed E-state index contributed by atoms with van der Waals surface area (Å²) in [6.45, 7) is 9.40. The second-order valence-electron chi connectivity index (χ2n) is 9.03. The van der Waals surface area contributed by atoms with Crippen molar-refractivity contribution in [2.75, 3.05) is 44.2 Å². The molecule has 2 aliphatic rings. The molecule has 2 fully saturated rings. The van der Waals surface area contributed by atoms with Crippen LogP contribution in [0.1, 0.15) is 44.7 Å². The number of unbranched alkanes of at least 4 members (excludes halogenated alkanes) is 1. The highest BCUT2D eigenvalue weighted by molar-refractivity contribution is 7.80. The molecule has 1 aromatic rings. The smallest absolute Gasteiger partial charge is 0.340 e. The van der Waals surface area contributed by atoms with Crippen LogP contribution in [-0.2, 0) is 15.8 Å². The summed E-state index contributed by atoms with van der Waals surface area (Å²) in [5, 5.41) is 9.19. The van der Waals surface area contributed by atoms with Crippen LogP contribution in [0, 0.1) is 11.3 Å². The number of nitrogens with zero attached hydrogens (tertiary/aromatic N) is 5. The lowest BCUT2D eigenvalue weighted by Crippen LogP contribution is -2.48. The predicted octanol–water partition coefficient (Wildman–Crippen LogP) is 3.23. The van der Waals surface area contributed by atoms with Crippen molar-refractivity contribution in [2.45, 2.75) is 45.3 Å². The van der Waals surface area contributed by atoms with E-state index in [2.05, 4.69) is 4.90 Å². The molecule has 0 aliphatic carbocycles. The maximum absolute atomic E-state index is 13.4. The SMILES string of the molecule is CC(=O)N1CCN(CCCCN2C(=S)N(c3ccc(C#N)c(C(F)(F)F)c3)C(=O)C2(C)C)CC1. The quantitative estimate of drug-likeness (QED) is 0.446. The maximum Gasteiger partial charge on any atom is 0.417 e. The van der Waals surface area contributed by atoms with Crippen LogP contribution in [0.15, 0.2) is 18.2 Å². The van der Waals surface area contributed by atoms with E-state index in [1.807, 2.05) is 4.90 Å². The number of hydrogen-bond acceptors (Lipinski definition) is 5. The van der Waals surface area contributed by atoms with Gasteiger partial charge in [0, 0.05) is 39.6 Å². The van der Waals surface area contributed by atoms with Crippen molar-refractivity contribution in [3.05, 3.63) is 29.3 Å². The summed E-state index contributed by atoms with van der Waals surface area (Å²) in [6, 6.07) is 4.74. The normalized spacial score (nSPS) is 19.0. The van der Waals surface area contributed by atoms with Crippen LogP contribution in [0.25, 0.3) is 0 Å². The third-order valence-corrected chi connectivity index (χ3v) is 6.84. The van der Waals surface area contributed by atoms with Gasteiger partial charge in [0.1, 0.15) is 5.54 Å². The van der Waals surface area contributed by atoms with Gasteiger partial charge in [0.2, 0.25) is 5.91 Å². The van der Waals surface area contributed by atoms with Gasteiger partial charge in [-0.05, 0) is 63.7 Å². The lowest BCUT2D eigenvalue weighted by atomic mass is 10.0. The van der Waals surface area contributed by atoms with Crippen molar-refractivity contribution in [3.63, 3.8) is 0 Å². The second kappa shape index (κ2) is 9.88. The van der Waals surface area contributed by atoms with Gasteiger partial charge < -0.3 is 9.80 Å². The summed E-state index contributed by atoms with van der Waals surface area (Å²) < 4.78 is 40.3. The van der Waals surface area contributed by atoms with Gasteiger partial charge >= 0.3 is 6.18 Å². The molecule has 7 nitrogen and oxygen atoms in total. The van der Waals surface area contributed by atoms with Crippen LogP contribution in [0.4, 0.5) is 18.9 Å². The van der Waals surface area contributed by atoms with E-state index >= 15 is 0 Å². The fourth-order valence-electron chi connectivity index (χ4n) is 4.33. The van der Waals surface area contributed by atoms with E-state index in [1.165, 1.54) is 6.07 Å². The third kappa shape index (κ3) is 5.18. The largest absolute Gasteiger partial charge is 0.417 e. The summed E-state index contributed by atoms with van der Waals surface area (Å²) in [5.41, 5.74) is -2.60. The van der Waals surface area contributed by atoms with Crippen molar-refractivity contribution in [3.8, 4) is 6.07 Å². The molecule has 0 atom stereocenters. The van der Waals surface area contributed by atoms with Gasteiger partial charge in [-0.15, -0.1) is 0 Å². The number of piperazine rings is 1. The first-order chi connectivity index (χ1) is 15.9. The lowest BCUT2D eigenvalue weighted by Gasteiger charge is -2.34. The van der Waals surface area contributed by atoms with Gasteiger partial charge in [-0.1, -0.05) is 0 Å². The van der Waals surface area contributed by atoms with Crippen molar-refractivity contribution < 1.29 is 22.8 Å². The molecule has 0 N–H and O–H groups in total. The number of carbonyl (C=O) groups is 2. The minimum atomic E-state index is -4.73. The van der Waals surface area contributed by atoms with Crippen LogP contribution in [0.2, 0.25) is 0 Å².